The molecule has 1 amide bonds. The Morgan fingerprint density at radius 3 is 2.67 bits per heavy atom. The predicted molar refractivity (Wildman–Crippen MR) is 85.4 cm³/mol. The zero-order valence-electron chi connectivity index (χ0n) is 12.8. The van der Waals surface area contributed by atoms with Gasteiger partial charge in [-0.3, -0.25) is 9.79 Å². The Morgan fingerprint density at radius 1 is 1.33 bits per heavy atom. The van der Waals surface area contributed by atoms with Crippen LogP contribution in [0.15, 0.2) is 47.5 Å². The van der Waals surface area contributed by atoms with Gasteiger partial charge >= 0.3 is 0 Å². The molecule has 1 aromatic rings. The molecule has 3 heteroatoms. The molecule has 0 N–H and O–H groups in total. The van der Waals surface area contributed by atoms with Crippen LogP contribution in [-0.4, -0.2) is 30.1 Å². The Labute approximate surface area is 126 Å². The number of aliphatic imine (C=N–C) groups is 1. The molecule has 1 aromatic carbocycles. The first kappa shape index (κ1) is 14.1. The van der Waals surface area contributed by atoms with Crippen LogP contribution in [-0.2, 0) is 4.79 Å². The number of carbonyl (C=O) groups excluding carboxylic acids is 1. The van der Waals surface area contributed by atoms with E-state index in [1.807, 2.05) is 25.2 Å². The third-order valence-electron chi connectivity index (χ3n) is 4.83. The maximum atomic E-state index is 12.7. The maximum Gasteiger partial charge on any atom is 0.238 e. The number of carbonyl (C=O) groups is 1. The second-order valence-electron chi connectivity index (χ2n) is 6.19. The molecule has 0 unspecified atom stereocenters. The number of likely N-dealkylation sites (N-methyl/N-ethyl adjacent to an activating group) is 1. The van der Waals surface area contributed by atoms with Crippen LogP contribution in [0, 0.1) is 5.41 Å². The molecular formula is C18H22N2O. The fraction of sp³-hybridized carbons (Fsp3) is 0.444. The van der Waals surface area contributed by atoms with E-state index in [4.69, 9.17) is 4.99 Å². The normalized spacial score (nSPS) is 28.9. The van der Waals surface area contributed by atoms with Crippen LogP contribution in [0.1, 0.15) is 37.8 Å². The Hall–Kier alpha value is -1.90. The average Bonchev–Trinajstić information content (AvgIpc) is 2.99. The zero-order valence-corrected chi connectivity index (χ0v) is 12.8. The van der Waals surface area contributed by atoms with Crippen LogP contribution in [0.25, 0.3) is 0 Å². The number of benzene rings is 1. The van der Waals surface area contributed by atoms with Crippen molar-refractivity contribution in [2.75, 3.05) is 13.6 Å². The minimum Gasteiger partial charge on any atom is -0.341 e. The molecular weight excluding hydrogens is 260 g/mol. The number of rotatable bonds is 2. The number of nitrogens with zero attached hydrogens (tertiary/aromatic N) is 2. The molecule has 2 fully saturated rings. The van der Waals surface area contributed by atoms with Crippen LogP contribution in [0.3, 0.4) is 0 Å². The third-order valence-corrected chi connectivity index (χ3v) is 4.83. The molecule has 0 radical (unpaired) electrons. The molecule has 1 aliphatic heterocycles. The highest BCUT2D eigenvalue weighted by molar-refractivity contribution is 6.14. The lowest BCUT2D eigenvalue weighted by molar-refractivity contribution is -0.131. The van der Waals surface area contributed by atoms with Crippen LogP contribution >= 0.6 is 0 Å². The summed E-state index contributed by atoms with van der Waals surface area (Å²) >= 11 is 0. The lowest BCUT2D eigenvalue weighted by Gasteiger charge is -2.24. The smallest absolute Gasteiger partial charge is 0.238 e. The van der Waals surface area contributed by atoms with E-state index in [0.717, 1.165) is 30.5 Å². The minimum absolute atomic E-state index is 0.0858. The van der Waals surface area contributed by atoms with Crippen molar-refractivity contribution in [3.05, 3.63) is 48.0 Å². The predicted octanol–water partition coefficient (Wildman–Crippen LogP) is 3.39. The summed E-state index contributed by atoms with van der Waals surface area (Å²) in [6.07, 6.45) is 2.81. The average molecular weight is 282 g/mol. The van der Waals surface area contributed by atoms with Gasteiger partial charge in [-0.05, 0) is 37.3 Å². The summed E-state index contributed by atoms with van der Waals surface area (Å²) < 4.78 is 0. The van der Waals surface area contributed by atoms with Gasteiger partial charge in [-0.1, -0.05) is 36.9 Å². The molecule has 1 spiro atoms. The summed E-state index contributed by atoms with van der Waals surface area (Å²) in [4.78, 5) is 19.4. The Morgan fingerprint density at radius 2 is 2.05 bits per heavy atom. The second-order valence-corrected chi connectivity index (χ2v) is 6.19. The van der Waals surface area contributed by atoms with Crippen molar-refractivity contribution < 1.29 is 4.79 Å². The number of amides is 1. The molecule has 0 bridgehead atoms. The maximum absolute atomic E-state index is 12.7. The Balaban J connectivity index is 1.96. The van der Waals surface area contributed by atoms with Crippen molar-refractivity contribution in [3.8, 4) is 0 Å². The van der Waals surface area contributed by atoms with Gasteiger partial charge in [-0.15, -0.1) is 0 Å². The van der Waals surface area contributed by atoms with Crippen molar-refractivity contribution in [2.24, 2.45) is 10.4 Å². The first-order chi connectivity index (χ1) is 10.1. The van der Waals surface area contributed by atoms with Gasteiger partial charge in [0, 0.05) is 19.3 Å². The topological polar surface area (TPSA) is 32.7 Å². The summed E-state index contributed by atoms with van der Waals surface area (Å²) in [5, 5.41) is 0. The van der Waals surface area contributed by atoms with Crippen LogP contribution < -0.4 is 0 Å². The van der Waals surface area contributed by atoms with Crippen LogP contribution in [0.5, 0.6) is 0 Å². The minimum atomic E-state index is -0.502. The highest BCUT2D eigenvalue weighted by Gasteiger charge is 2.54. The van der Waals surface area contributed by atoms with Gasteiger partial charge in [0.1, 0.15) is 5.41 Å². The molecule has 3 rings (SSSR count). The van der Waals surface area contributed by atoms with E-state index in [1.54, 1.807) is 4.90 Å². The van der Waals surface area contributed by atoms with Crippen molar-refractivity contribution in [1.82, 2.24) is 4.90 Å². The molecule has 1 heterocycles. The van der Waals surface area contributed by atoms with Crippen molar-refractivity contribution in [2.45, 2.75) is 32.2 Å². The van der Waals surface area contributed by atoms with Gasteiger partial charge in [-0.2, -0.15) is 0 Å². The highest BCUT2D eigenvalue weighted by atomic mass is 16.2. The largest absolute Gasteiger partial charge is 0.341 e. The molecule has 21 heavy (non-hydrogen) atoms. The monoisotopic (exact) mass is 282 g/mol. The second kappa shape index (κ2) is 5.14. The van der Waals surface area contributed by atoms with Gasteiger partial charge in [0.25, 0.3) is 0 Å². The van der Waals surface area contributed by atoms with Gasteiger partial charge in [0.2, 0.25) is 5.91 Å². The Kier molecular flexibility index (Phi) is 3.44. The highest BCUT2D eigenvalue weighted by Crippen LogP contribution is 2.47. The van der Waals surface area contributed by atoms with E-state index in [2.05, 4.69) is 25.6 Å². The molecule has 110 valence electrons. The molecule has 3 nitrogen and oxygen atoms in total. The van der Waals surface area contributed by atoms with Crippen LogP contribution in [0.4, 0.5) is 0 Å². The molecule has 1 saturated carbocycles. The van der Waals surface area contributed by atoms with Gasteiger partial charge in [0.05, 0.1) is 6.04 Å². The third kappa shape index (κ3) is 2.11. The summed E-state index contributed by atoms with van der Waals surface area (Å²) in [6, 6.07) is 10.3. The summed E-state index contributed by atoms with van der Waals surface area (Å²) in [5.74, 6) is 0.184. The first-order valence-corrected chi connectivity index (χ1v) is 7.61. The molecule has 2 atom stereocenters. The Bertz CT molecular complexity index is 605. The van der Waals surface area contributed by atoms with Gasteiger partial charge in [0.15, 0.2) is 0 Å². The van der Waals surface area contributed by atoms with Gasteiger partial charge < -0.3 is 4.90 Å². The lowest BCUT2D eigenvalue weighted by Crippen LogP contribution is -2.36. The van der Waals surface area contributed by atoms with E-state index in [1.165, 1.54) is 5.56 Å². The van der Waals surface area contributed by atoms with E-state index in [0.29, 0.717) is 6.54 Å². The fourth-order valence-electron chi connectivity index (χ4n) is 3.67. The number of hydrogen-bond acceptors (Lipinski definition) is 2. The molecule has 1 aliphatic carbocycles. The SMILES string of the molecule is C=C1CN(C)C(=O)[C@]12CCCC2=N[C@@H](C)c1ccccc1. The fourth-order valence-corrected chi connectivity index (χ4v) is 3.67. The van der Waals surface area contributed by atoms with Crippen LogP contribution in [0.2, 0.25) is 0 Å². The van der Waals surface area contributed by atoms with E-state index >= 15 is 0 Å². The van der Waals surface area contributed by atoms with E-state index < -0.39 is 5.41 Å². The summed E-state index contributed by atoms with van der Waals surface area (Å²) in [6.45, 7) is 6.94. The quantitative estimate of drug-likeness (QED) is 0.765. The van der Waals surface area contributed by atoms with E-state index in [-0.39, 0.29) is 11.9 Å². The molecule has 2 aliphatic rings. The van der Waals surface area contributed by atoms with Gasteiger partial charge in [-0.25, -0.2) is 0 Å². The summed E-state index contributed by atoms with van der Waals surface area (Å²) in [7, 11) is 1.86. The molecule has 0 aromatic heterocycles. The number of hydrogen-bond donors (Lipinski definition) is 0. The van der Waals surface area contributed by atoms with Crippen molar-refractivity contribution >= 4 is 11.6 Å². The zero-order chi connectivity index (χ0) is 15.0. The first-order valence-electron chi connectivity index (χ1n) is 7.61. The van der Waals surface area contributed by atoms with Crippen molar-refractivity contribution in [3.63, 3.8) is 0 Å². The standard InChI is InChI=1S/C18H22N2O/c1-13-12-20(3)17(21)18(13)11-7-10-16(18)19-14(2)15-8-5-4-6-9-15/h4-6,8-9,14H,1,7,10-12H2,2-3H3/t14-,18+/m0/s1. The lowest BCUT2D eigenvalue weighted by atomic mass is 9.79. The number of likely N-dealkylation sites (tertiary alicyclic amines) is 1. The molecule has 1 saturated heterocycles. The van der Waals surface area contributed by atoms with E-state index in [9.17, 15) is 4.79 Å². The summed E-state index contributed by atoms with van der Waals surface area (Å²) in [5.41, 5.74) is 2.75. The van der Waals surface area contributed by atoms with Crippen molar-refractivity contribution in [1.29, 1.82) is 0 Å².